The lowest BCUT2D eigenvalue weighted by molar-refractivity contribution is 0.340. The van der Waals surface area contributed by atoms with Gasteiger partial charge in [0.25, 0.3) is 0 Å². The van der Waals surface area contributed by atoms with E-state index in [0.29, 0.717) is 21.5 Å². The van der Waals surface area contributed by atoms with Gasteiger partial charge in [0.15, 0.2) is 0 Å². The van der Waals surface area contributed by atoms with E-state index in [-0.39, 0.29) is 0 Å². The first-order valence-electron chi connectivity index (χ1n) is 6.99. The van der Waals surface area contributed by atoms with Crippen molar-refractivity contribution in [1.82, 2.24) is 14.8 Å². The second kappa shape index (κ2) is 5.79. The van der Waals surface area contributed by atoms with Crippen LogP contribution in [0.25, 0.3) is 0 Å². The molecule has 1 aliphatic heterocycles. The number of anilines is 1. The topological polar surface area (TPSA) is 57.7 Å². The summed E-state index contributed by atoms with van der Waals surface area (Å²) < 4.78 is 1.85. The van der Waals surface area contributed by atoms with Gasteiger partial charge in [-0.2, -0.15) is 10.4 Å². The van der Waals surface area contributed by atoms with Gasteiger partial charge >= 0.3 is 0 Å². The maximum absolute atomic E-state index is 9.38. The minimum absolute atomic E-state index is 0.473. The van der Waals surface area contributed by atoms with Gasteiger partial charge in [-0.1, -0.05) is 23.2 Å². The number of nitriles is 1. The Bertz CT molecular complexity index is 756. The van der Waals surface area contributed by atoms with Crippen molar-refractivity contribution in [2.45, 2.75) is 20.4 Å². The molecule has 7 heteroatoms. The average molecular weight is 336 g/mol. The molecule has 1 fully saturated rings. The molecule has 0 bridgehead atoms. The summed E-state index contributed by atoms with van der Waals surface area (Å²) in [6, 6.07) is 2.23. The molecule has 1 saturated heterocycles. The van der Waals surface area contributed by atoms with Gasteiger partial charge in [-0.05, 0) is 19.4 Å². The van der Waals surface area contributed by atoms with Crippen molar-refractivity contribution in [2.24, 2.45) is 5.92 Å². The molecule has 0 saturated carbocycles. The number of hydrogen-bond acceptors (Lipinski definition) is 4. The number of aryl methyl sites for hydroxylation is 1. The summed E-state index contributed by atoms with van der Waals surface area (Å²) >= 11 is 12.0. The Morgan fingerprint density at radius 2 is 2.09 bits per heavy atom. The summed E-state index contributed by atoms with van der Waals surface area (Å²) in [6.45, 7) is 6.24. The Balaban J connectivity index is 1.74. The molecule has 1 aliphatic rings. The molecule has 0 radical (unpaired) electrons. The molecule has 5 nitrogen and oxygen atoms in total. The molecule has 0 amide bonds. The highest BCUT2D eigenvalue weighted by molar-refractivity contribution is 6.32. The molecule has 0 aromatic carbocycles. The predicted molar refractivity (Wildman–Crippen MR) is 86.4 cm³/mol. The van der Waals surface area contributed by atoms with Gasteiger partial charge in [-0.3, -0.25) is 4.68 Å². The van der Waals surface area contributed by atoms with E-state index in [1.54, 1.807) is 6.20 Å². The Kier molecular flexibility index (Phi) is 3.98. The number of pyridine rings is 1. The van der Waals surface area contributed by atoms with Crippen molar-refractivity contribution in [3.8, 4) is 6.07 Å². The molecule has 0 aliphatic carbocycles. The number of rotatable bonds is 3. The molecule has 114 valence electrons. The quantitative estimate of drug-likeness (QED) is 0.864. The van der Waals surface area contributed by atoms with Gasteiger partial charge < -0.3 is 4.90 Å². The number of hydrogen-bond donors (Lipinski definition) is 0. The molecule has 0 unspecified atom stereocenters. The molecule has 22 heavy (non-hydrogen) atoms. The molecule has 0 spiro atoms. The summed E-state index contributed by atoms with van der Waals surface area (Å²) in [5.41, 5.74) is 2.13. The van der Waals surface area contributed by atoms with E-state index in [1.165, 1.54) is 0 Å². The van der Waals surface area contributed by atoms with Crippen molar-refractivity contribution in [2.75, 3.05) is 18.0 Å². The molecule has 0 atom stereocenters. The summed E-state index contributed by atoms with van der Waals surface area (Å²) in [7, 11) is 0. The van der Waals surface area contributed by atoms with E-state index in [4.69, 9.17) is 23.2 Å². The number of nitrogens with zero attached hydrogens (tertiary/aromatic N) is 5. The van der Waals surface area contributed by atoms with Crippen molar-refractivity contribution in [3.05, 3.63) is 39.3 Å². The Hall–Kier alpha value is -1.77. The second-order valence-corrected chi connectivity index (χ2v) is 6.41. The highest BCUT2D eigenvalue weighted by Gasteiger charge is 2.31. The summed E-state index contributed by atoms with van der Waals surface area (Å²) in [5, 5.41) is 14.8. The fourth-order valence-corrected chi connectivity index (χ4v) is 3.03. The van der Waals surface area contributed by atoms with Crippen LogP contribution < -0.4 is 4.90 Å². The molecule has 2 aromatic rings. The first-order valence-corrected chi connectivity index (χ1v) is 7.75. The van der Waals surface area contributed by atoms with Crippen LogP contribution >= 0.6 is 23.2 Å². The SMILES string of the molecule is Cc1nc(N2CC(Cn3cc(Cl)cn3)C2)c(C#N)c(C)c1Cl. The third-order valence-corrected chi connectivity index (χ3v) is 4.69. The van der Waals surface area contributed by atoms with Gasteiger partial charge in [0.05, 0.1) is 27.5 Å². The zero-order chi connectivity index (χ0) is 15.9. The van der Waals surface area contributed by atoms with Crippen LogP contribution in [-0.2, 0) is 6.54 Å². The summed E-state index contributed by atoms with van der Waals surface area (Å²) in [5.74, 6) is 1.21. The smallest absolute Gasteiger partial charge is 0.147 e. The predicted octanol–water partition coefficient (Wildman–Crippen LogP) is 3.21. The van der Waals surface area contributed by atoms with Crippen molar-refractivity contribution >= 4 is 29.0 Å². The molecule has 2 aromatic heterocycles. The van der Waals surface area contributed by atoms with Crippen LogP contribution in [0.2, 0.25) is 10.0 Å². The van der Waals surface area contributed by atoms with Crippen LogP contribution in [0.3, 0.4) is 0 Å². The van der Waals surface area contributed by atoms with Crippen LogP contribution in [-0.4, -0.2) is 27.9 Å². The van der Waals surface area contributed by atoms with E-state index in [2.05, 4.69) is 21.1 Å². The van der Waals surface area contributed by atoms with Gasteiger partial charge in [0.1, 0.15) is 11.9 Å². The zero-order valence-corrected chi connectivity index (χ0v) is 13.9. The summed E-state index contributed by atoms with van der Waals surface area (Å²) in [6.07, 6.45) is 3.46. The molecular formula is C15H15Cl2N5. The molecular weight excluding hydrogens is 321 g/mol. The first kappa shape index (κ1) is 15.1. The maximum Gasteiger partial charge on any atom is 0.147 e. The van der Waals surface area contributed by atoms with E-state index >= 15 is 0 Å². The second-order valence-electron chi connectivity index (χ2n) is 5.60. The standard InChI is InChI=1S/C15H15Cl2N5/c1-9-13(3-18)15(20-10(2)14(9)17)21-5-11(6-21)7-22-8-12(16)4-19-22/h4,8,11H,5-7H2,1-2H3. The Morgan fingerprint density at radius 3 is 2.68 bits per heavy atom. The number of aromatic nitrogens is 3. The normalized spacial score (nSPS) is 14.8. The minimum atomic E-state index is 0.473. The van der Waals surface area contributed by atoms with Crippen LogP contribution in [0.15, 0.2) is 12.4 Å². The summed E-state index contributed by atoms with van der Waals surface area (Å²) in [4.78, 5) is 6.62. The van der Waals surface area contributed by atoms with Gasteiger partial charge in [0, 0.05) is 31.7 Å². The minimum Gasteiger partial charge on any atom is -0.355 e. The van der Waals surface area contributed by atoms with Crippen LogP contribution in [0.4, 0.5) is 5.82 Å². The first-order chi connectivity index (χ1) is 10.5. The largest absolute Gasteiger partial charge is 0.355 e. The maximum atomic E-state index is 9.38. The van der Waals surface area contributed by atoms with E-state index in [9.17, 15) is 5.26 Å². The van der Waals surface area contributed by atoms with Crippen LogP contribution in [0, 0.1) is 31.1 Å². The molecule has 0 N–H and O–H groups in total. The number of halogens is 2. The Labute approximate surface area is 139 Å². The third kappa shape index (κ3) is 2.65. The van der Waals surface area contributed by atoms with E-state index in [0.717, 1.165) is 36.7 Å². The Morgan fingerprint density at radius 1 is 1.36 bits per heavy atom. The van der Waals surface area contributed by atoms with Gasteiger partial charge in [0.2, 0.25) is 0 Å². The van der Waals surface area contributed by atoms with Gasteiger partial charge in [-0.25, -0.2) is 4.98 Å². The lowest BCUT2D eigenvalue weighted by Gasteiger charge is -2.40. The van der Waals surface area contributed by atoms with Crippen LogP contribution in [0.1, 0.15) is 16.8 Å². The van der Waals surface area contributed by atoms with Gasteiger partial charge in [-0.15, -0.1) is 0 Å². The third-order valence-electron chi connectivity index (χ3n) is 3.93. The fraction of sp³-hybridized carbons (Fsp3) is 0.400. The lowest BCUT2D eigenvalue weighted by Crippen LogP contribution is -2.49. The van der Waals surface area contributed by atoms with Crippen LogP contribution in [0.5, 0.6) is 0 Å². The van der Waals surface area contributed by atoms with Crippen molar-refractivity contribution < 1.29 is 0 Å². The highest BCUT2D eigenvalue weighted by atomic mass is 35.5. The van der Waals surface area contributed by atoms with E-state index < -0.39 is 0 Å². The van der Waals surface area contributed by atoms with E-state index in [1.807, 2.05) is 24.7 Å². The van der Waals surface area contributed by atoms with Crippen molar-refractivity contribution in [1.29, 1.82) is 5.26 Å². The lowest BCUT2D eigenvalue weighted by atomic mass is 9.98. The average Bonchev–Trinajstić information content (AvgIpc) is 2.85. The highest BCUT2D eigenvalue weighted by Crippen LogP contribution is 2.32. The monoisotopic (exact) mass is 335 g/mol. The molecule has 3 heterocycles. The fourth-order valence-electron chi connectivity index (χ4n) is 2.74. The van der Waals surface area contributed by atoms with Crippen molar-refractivity contribution in [3.63, 3.8) is 0 Å². The molecule has 3 rings (SSSR count). The zero-order valence-electron chi connectivity index (χ0n) is 12.3.